The Kier molecular flexibility index (Phi) is 5.08. The lowest BCUT2D eigenvalue weighted by atomic mass is 9.76. The number of piperidine rings is 1. The lowest BCUT2D eigenvalue weighted by Gasteiger charge is -2.38. The highest BCUT2D eigenvalue weighted by Gasteiger charge is 2.41. The zero-order valence-electron chi connectivity index (χ0n) is 12.9. The Morgan fingerprint density at radius 1 is 1.33 bits per heavy atom. The van der Waals surface area contributed by atoms with Crippen molar-refractivity contribution in [3.63, 3.8) is 0 Å². The average molecular weight is 298 g/mol. The van der Waals surface area contributed by atoms with Crippen LogP contribution in [0.4, 0.5) is 4.79 Å². The number of amides is 2. The third-order valence-electron chi connectivity index (χ3n) is 5.18. The van der Waals surface area contributed by atoms with E-state index in [9.17, 15) is 14.7 Å². The van der Waals surface area contributed by atoms with E-state index in [2.05, 4.69) is 5.32 Å². The molecule has 0 bridgehead atoms. The van der Waals surface area contributed by atoms with Crippen molar-refractivity contribution in [3.8, 4) is 0 Å². The average Bonchev–Trinajstić information content (AvgIpc) is 2.94. The molecule has 2 atom stereocenters. The van der Waals surface area contributed by atoms with Gasteiger partial charge in [0.05, 0.1) is 11.5 Å². The molecule has 21 heavy (non-hydrogen) atoms. The Morgan fingerprint density at radius 3 is 2.48 bits per heavy atom. The Labute approximate surface area is 125 Å². The minimum Gasteiger partial charge on any atom is -0.481 e. The second-order valence-electron chi connectivity index (χ2n) is 6.24. The molecule has 0 spiro atoms. The first kappa shape index (κ1) is 16.1. The molecule has 120 valence electrons. The minimum atomic E-state index is -0.733. The molecule has 1 heterocycles. The van der Waals surface area contributed by atoms with Gasteiger partial charge in [0.2, 0.25) is 0 Å². The Balaban J connectivity index is 1.82. The van der Waals surface area contributed by atoms with Crippen LogP contribution in [0.2, 0.25) is 0 Å². The molecule has 2 fully saturated rings. The summed E-state index contributed by atoms with van der Waals surface area (Å²) in [5.41, 5.74) is -0.648. The minimum absolute atomic E-state index is 0.0631. The molecule has 2 aliphatic rings. The van der Waals surface area contributed by atoms with E-state index in [1.807, 2.05) is 6.92 Å². The van der Waals surface area contributed by atoms with E-state index in [1.165, 1.54) is 0 Å². The van der Waals surface area contributed by atoms with Gasteiger partial charge in [0.1, 0.15) is 0 Å². The van der Waals surface area contributed by atoms with Gasteiger partial charge in [-0.25, -0.2) is 4.79 Å². The molecule has 1 saturated carbocycles. The summed E-state index contributed by atoms with van der Waals surface area (Å²) in [6.07, 6.45) is 4.75. The van der Waals surface area contributed by atoms with E-state index < -0.39 is 11.4 Å². The van der Waals surface area contributed by atoms with Crippen LogP contribution in [0, 0.1) is 5.41 Å². The molecule has 6 nitrogen and oxygen atoms in total. The standard InChI is InChI=1S/C15H26N2O4/c1-3-15(13(18)19)6-8-17(9-7-15)14(20)16-11-4-5-12(10-11)21-2/h11-12H,3-10H2,1-2H3,(H,16,20)(H,18,19). The lowest BCUT2D eigenvalue weighted by Crippen LogP contribution is -2.51. The number of carboxylic acid groups (broad SMARTS) is 1. The number of likely N-dealkylation sites (tertiary alicyclic amines) is 1. The van der Waals surface area contributed by atoms with Crippen molar-refractivity contribution in [3.05, 3.63) is 0 Å². The molecular weight excluding hydrogens is 272 g/mol. The maximum Gasteiger partial charge on any atom is 0.317 e. The number of aliphatic carboxylic acids is 1. The molecule has 1 saturated heterocycles. The fourth-order valence-corrected chi connectivity index (χ4v) is 3.41. The molecule has 6 heteroatoms. The Hall–Kier alpha value is -1.30. The summed E-state index contributed by atoms with van der Waals surface area (Å²) in [7, 11) is 1.70. The normalized spacial score (nSPS) is 28.4. The highest BCUT2D eigenvalue weighted by atomic mass is 16.5. The first-order valence-corrected chi connectivity index (χ1v) is 7.82. The molecule has 0 aromatic rings. The Morgan fingerprint density at radius 2 is 2.00 bits per heavy atom. The smallest absolute Gasteiger partial charge is 0.317 e. The highest BCUT2D eigenvalue weighted by molar-refractivity contribution is 5.77. The summed E-state index contributed by atoms with van der Waals surface area (Å²) >= 11 is 0. The predicted octanol–water partition coefficient (Wildman–Crippen LogP) is 1.84. The third-order valence-corrected chi connectivity index (χ3v) is 5.18. The van der Waals surface area contributed by atoms with E-state index >= 15 is 0 Å². The molecule has 0 radical (unpaired) electrons. The van der Waals surface area contributed by atoms with Gasteiger partial charge in [-0.1, -0.05) is 6.92 Å². The number of ether oxygens (including phenoxy) is 1. The van der Waals surface area contributed by atoms with Crippen molar-refractivity contribution < 1.29 is 19.4 Å². The largest absolute Gasteiger partial charge is 0.481 e. The van der Waals surface area contributed by atoms with E-state index in [4.69, 9.17) is 4.74 Å². The van der Waals surface area contributed by atoms with Crippen LogP contribution in [-0.2, 0) is 9.53 Å². The van der Waals surface area contributed by atoms with Gasteiger partial charge in [-0.05, 0) is 38.5 Å². The molecule has 1 aliphatic heterocycles. The highest BCUT2D eigenvalue weighted by Crippen LogP contribution is 2.35. The fraction of sp³-hybridized carbons (Fsp3) is 0.867. The molecule has 2 N–H and O–H groups in total. The zero-order valence-corrected chi connectivity index (χ0v) is 12.9. The predicted molar refractivity (Wildman–Crippen MR) is 78.1 cm³/mol. The van der Waals surface area contributed by atoms with Crippen molar-refractivity contribution in [2.75, 3.05) is 20.2 Å². The maximum atomic E-state index is 12.2. The van der Waals surface area contributed by atoms with Crippen LogP contribution in [0.5, 0.6) is 0 Å². The van der Waals surface area contributed by atoms with E-state index in [1.54, 1.807) is 12.0 Å². The molecule has 0 aromatic heterocycles. The van der Waals surface area contributed by atoms with Gasteiger partial charge in [0.15, 0.2) is 0 Å². The maximum absolute atomic E-state index is 12.2. The van der Waals surface area contributed by atoms with Crippen molar-refractivity contribution in [1.29, 1.82) is 0 Å². The van der Waals surface area contributed by atoms with Gasteiger partial charge >= 0.3 is 12.0 Å². The number of hydrogen-bond acceptors (Lipinski definition) is 3. The zero-order chi connectivity index (χ0) is 15.5. The number of carbonyl (C=O) groups excluding carboxylic acids is 1. The number of carboxylic acids is 1. The summed E-state index contributed by atoms with van der Waals surface area (Å²) in [5.74, 6) is -0.733. The molecule has 1 aliphatic carbocycles. The van der Waals surface area contributed by atoms with Crippen molar-refractivity contribution in [2.45, 2.75) is 57.6 Å². The monoisotopic (exact) mass is 298 g/mol. The second kappa shape index (κ2) is 6.64. The molecule has 2 unspecified atom stereocenters. The van der Waals surface area contributed by atoms with Crippen molar-refractivity contribution in [2.24, 2.45) is 5.41 Å². The lowest BCUT2D eigenvalue weighted by molar-refractivity contribution is -0.151. The SMILES string of the molecule is CCC1(C(=O)O)CCN(C(=O)NC2CCC(OC)C2)CC1. The summed E-state index contributed by atoms with van der Waals surface area (Å²) in [6.45, 7) is 2.95. The number of nitrogens with zero attached hydrogens (tertiary/aromatic N) is 1. The van der Waals surface area contributed by atoms with Crippen LogP contribution in [-0.4, -0.2) is 54.4 Å². The number of nitrogens with one attached hydrogen (secondary N) is 1. The summed E-state index contributed by atoms with van der Waals surface area (Å²) in [5, 5.41) is 12.4. The van der Waals surface area contributed by atoms with Crippen molar-refractivity contribution >= 4 is 12.0 Å². The molecule has 2 rings (SSSR count). The number of urea groups is 1. The summed E-state index contributed by atoms with van der Waals surface area (Å²) in [6, 6.07) is 0.117. The second-order valence-corrected chi connectivity index (χ2v) is 6.24. The van der Waals surface area contributed by atoms with Crippen LogP contribution < -0.4 is 5.32 Å². The van der Waals surface area contributed by atoms with Crippen LogP contribution in [0.1, 0.15) is 45.4 Å². The quantitative estimate of drug-likeness (QED) is 0.830. The van der Waals surface area contributed by atoms with Crippen molar-refractivity contribution in [1.82, 2.24) is 10.2 Å². The van der Waals surface area contributed by atoms with Crippen LogP contribution in [0.3, 0.4) is 0 Å². The number of methoxy groups -OCH3 is 1. The summed E-state index contributed by atoms with van der Waals surface area (Å²) in [4.78, 5) is 25.4. The van der Waals surface area contributed by atoms with Gasteiger partial charge in [-0.15, -0.1) is 0 Å². The third kappa shape index (κ3) is 3.48. The Bertz CT molecular complexity index is 391. The van der Waals surface area contributed by atoms with Gasteiger partial charge in [-0.3, -0.25) is 4.79 Å². The molecule has 0 aromatic carbocycles. The molecule has 2 amide bonds. The van der Waals surface area contributed by atoms with Crippen LogP contribution >= 0.6 is 0 Å². The van der Waals surface area contributed by atoms with Gasteiger partial charge in [0, 0.05) is 26.2 Å². The van der Waals surface area contributed by atoms with Crippen LogP contribution in [0.15, 0.2) is 0 Å². The van der Waals surface area contributed by atoms with Gasteiger partial charge in [0.25, 0.3) is 0 Å². The first-order valence-electron chi connectivity index (χ1n) is 7.82. The number of rotatable bonds is 4. The first-order chi connectivity index (χ1) is 10.0. The number of carbonyl (C=O) groups is 2. The van der Waals surface area contributed by atoms with E-state index in [-0.39, 0.29) is 18.2 Å². The van der Waals surface area contributed by atoms with E-state index in [0.717, 1.165) is 19.3 Å². The van der Waals surface area contributed by atoms with E-state index in [0.29, 0.717) is 32.4 Å². The topological polar surface area (TPSA) is 78.9 Å². The fourth-order valence-electron chi connectivity index (χ4n) is 3.41. The molecular formula is C15H26N2O4. The number of hydrogen-bond donors (Lipinski definition) is 2. The van der Waals surface area contributed by atoms with Crippen LogP contribution in [0.25, 0.3) is 0 Å². The van der Waals surface area contributed by atoms with Gasteiger partial charge in [-0.2, -0.15) is 0 Å². The van der Waals surface area contributed by atoms with Gasteiger partial charge < -0.3 is 20.1 Å². The summed E-state index contributed by atoms with van der Waals surface area (Å²) < 4.78 is 5.31.